The lowest BCUT2D eigenvalue weighted by atomic mass is 10.1. The van der Waals surface area contributed by atoms with Crippen LogP contribution in [-0.2, 0) is 13.0 Å². The van der Waals surface area contributed by atoms with Gasteiger partial charge in [-0.15, -0.1) is 0 Å². The molecule has 146 valence electrons. The van der Waals surface area contributed by atoms with E-state index in [-0.39, 0.29) is 5.91 Å². The predicted octanol–water partition coefficient (Wildman–Crippen LogP) is 2.67. The van der Waals surface area contributed by atoms with Crippen LogP contribution in [-0.4, -0.2) is 36.6 Å². The Balaban J connectivity index is 1.52. The number of carbonyl (C=O) groups excluding carboxylic acids is 1. The van der Waals surface area contributed by atoms with Crippen molar-refractivity contribution in [3.8, 4) is 11.5 Å². The molecule has 0 saturated carbocycles. The maximum absolute atomic E-state index is 12.4. The molecule has 0 aliphatic carbocycles. The van der Waals surface area contributed by atoms with Crippen molar-refractivity contribution in [2.45, 2.75) is 13.0 Å². The highest BCUT2D eigenvalue weighted by molar-refractivity contribution is 5.92. The number of hydrogen-bond donors (Lipinski definition) is 2. The van der Waals surface area contributed by atoms with Crippen LogP contribution in [0.5, 0.6) is 11.5 Å². The van der Waals surface area contributed by atoms with Gasteiger partial charge in [0, 0.05) is 12.6 Å². The van der Waals surface area contributed by atoms with E-state index in [1.807, 2.05) is 30.3 Å². The van der Waals surface area contributed by atoms with Crippen LogP contribution in [0, 0.1) is 0 Å². The monoisotopic (exact) mass is 382 g/mol. The average molecular weight is 382 g/mol. The second-order valence-corrected chi connectivity index (χ2v) is 5.92. The van der Waals surface area contributed by atoms with Crippen molar-refractivity contribution >= 4 is 11.7 Å². The third kappa shape index (κ3) is 5.00. The number of methoxy groups -OCH3 is 2. The van der Waals surface area contributed by atoms with Gasteiger partial charge in [-0.1, -0.05) is 6.07 Å². The summed E-state index contributed by atoms with van der Waals surface area (Å²) in [5, 5.41) is 5.96. The maximum atomic E-state index is 12.4. The minimum absolute atomic E-state index is 0.260. The summed E-state index contributed by atoms with van der Waals surface area (Å²) in [5.41, 5.74) is 1.32. The lowest BCUT2D eigenvalue weighted by Gasteiger charge is -2.10. The summed E-state index contributed by atoms with van der Waals surface area (Å²) >= 11 is 0. The van der Waals surface area contributed by atoms with Gasteiger partial charge >= 0.3 is 0 Å². The summed E-state index contributed by atoms with van der Waals surface area (Å²) in [4.78, 5) is 20.5. The number of rotatable bonds is 9. The van der Waals surface area contributed by atoms with Gasteiger partial charge < -0.3 is 24.5 Å². The van der Waals surface area contributed by atoms with Gasteiger partial charge in [0.25, 0.3) is 5.91 Å². The smallest absolute Gasteiger partial charge is 0.270 e. The number of carbonyl (C=O) groups is 1. The summed E-state index contributed by atoms with van der Waals surface area (Å²) in [6, 6.07) is 11.0. The van der Waals surface area contributed by atoms with Crippen LogP contribution in [0.2, 0.25) is 0 Å². The van der Waals surface area contributed by atoms with Gasteiger partial charge in [-0.3, -0.25) is 4.79 Å². The zero-order valence-corrected chi connectivity index (χ0v) is 15.8. The minimum atomic E-state index is -0.260. The second-order valence-electron chi connectivity index (χ2n) is 5.92. The summed E-state index contributed by atoms with van der Waals surface area (Å²) in [7, 11) is 3.19. The molecule has 0 aliphatic heterocycles. The number of aromatic nitrogens is 2. The third-order valence-corrected chi connectivity index (χ3v) is 4.07. The molecule has 0 bridgehead atoms. The van der Waals surface area contributed by atoms with Crippen molar-refractivity contribution in [3.05, 3.63) is 66.0 Å². The zero-order chi connectivity index (χ0) is 19.8. The largest absolute Gasteiger partial charge is 0.493 e. The van der Waals surface area contributed by atoms with Gasteiger partial charge in [-0.05, 0) is 36.2 Å². The molecule has 2 N–H and O–H groups in total. The van der Waals surface area contributed by atoms with Gasteiger partial charge in [-0.25, -0.2) is 9.97 Å². The first-order chi connectivity index (χ1) is 13.7. The molecule has 3 aromatic rings. The molecule has 8 nitrogen and oxygen atoms in total. The van der Waals surface area contributed by atoms with Gasteiger partial charge in [0.2, 0.25) is 0 Å². The SMILES string of the molecule is COc1ccc(CCNC(=O)c2cc(NCc3ccco3)ncn2)cc1OC. The molecule has 0 fully saturated rings. The maximum Gasteiger partial charge on any atom is 0.270 e. The van der Waals surface area contributed by atoms with E-state index in [1.165, 1.54) is 6.33 Å². The van der Waals surface area contributed by atoms with Crippen LogP contribution in [0.15, 0.2) is 53.4 Å². The standard InChI is InChI=1S/C20H22N4O4/c1-26-17-6-5-14(10-18(17)27-2)7-8-21-20(25)16-11-19(24-13-23-16)22-12-15-4-3-9-28-15/h3-6,9-11,13H,7-8,12H2,1-2H3,(H,21,25)(H,22,23,24). The quantitative estimate of drug-likeness (QED) is 0.587. The van der Waals surface area contributed by atoms with Crippen LogP contribution in [0.3, 0.4) is 0 Å². The molecule has 0 radical (unpaired) electrons. The summed E-state index contributed by atoms with van der Waals surface area (Å²) in [5.74, 6) is 2.40. The van der Waals surface area contributed by atoms with Crippen molar-refractivity contribution < 1.29 is 18.7 Å². The number of ether oxygens (including phenoxy) is 2. The van der Waals surface area contributed by atoms with Crippen LogP contribution >= 0.6 is 0 Å². The fourth-order valence-corrected chi connectivity index (χ4v) is 2.62. The number of amides is 1. The van der Waals surface area contributed by atoms with Crippen molar-refractivity contribution in [2.75, 3.05) is 26.1 Å². The highest BCUT2D eigenvalue weighted by Crippen LogP contribution is 2.27. The van der Waals surface area contributed by atoms with Crippen molar-refractivity contribution in [2.24, 2.45) is 0 Å². The van der Waals surface area contributed by atoms with Crippen LogP contribution in [0.1, 0.15) is 21.8 Å². The van der Waals surface area contributed by atoms with E-state index in [9.17, 15) is 4.79 Å². The summed E-state index contributed by atoms with van der Waals surface area (Å²) < 4.78 is 15.8. The number of nitrogens with zero attached hydrogens (tertiary/aromatic N) is 2. The molecular weight excluding hydrogens is 360 g/mol. The fourth-order valence-electron chi connectivity index (χ4n) is 2.62. The Hall–Kier alpha value is -3.55. The minimum Gasteiger partial charge on any atom is -0.493 e. The molecule has 2 heterocycles. The van der Waals surface area contributed by atoms with E-state index in [1.54, 1.807) is 26.5 Å². The molecule has 0 aliphatic rings. The number of nitrogens with one attached hydrogen (secondary N) is 2. The van der Waals surface area contributed by atoms with Gasteiger partial charge in [-0.2, -0.15) is 0 Å². The number of benzene rings is 1. The van der Waals surface area contributed by atoms with Crippen LogP contribution < -0.4 is 20.1 Å². The number of anilines is 1. The molecule has 8 heteroatoms. The highest BCUT2D eigenvalue weighted by atomic mass is 16.5. The van der Waals surface area contributed by atoms with Gasteiger partial charge in [0.05, 0.1) is 27.0 Å². The molecular formula is C20H22N4O4. The van der Waals surface area contributed by atoms with Gasteiger partial charge in [0.15, 0.2) is 11.5 Å². The lowest BCUT2D eigenvalue weighted by molar-refractivity contribution is 0.0949. The Morgan fingerprint density at radius 2 is 1.96 bits per heavy atom. The first kappa shape index (κ1) is 19.2. The Morgan fingerprint density at radius 3 is 2.71 bits per heavy atom. The average Bonchev–Trinajstić information content (AvgIpc) is 3.26. The van der Waals surface area contributed by atoms with Crippen LogP contribution in [0.25, 0.3) is 0 Å². The van der Waals surface area contributed by atoms with Crippen molar-refractivity contribution in [1.82, 2.24) is 15.3 Å². The number of furan rings is 1. The van der Waals surface area contributed by atoms with Gasteiger partial charge in [0.1, 0.15) is 23.6 Å². The molecule has 0 atom stereocenters. The molecule has 0 saturated heterocycles. The van der Waals surface area contributed by atoms with E-state index >= 15 is 0 Å². The van der Waals surface area contributed by atoms with Crippen LogP contribution in [0.4, 0.5) is 5.82 Å². The molecule has 0 spiro atoms. The van der Waals surface area contributed by atoms with E-state index < -0.39 is 0 Å². The first-order valence-corrected chi connectivity index (χ1v) is 8.77. The molecule has 28 heavy (non-hydrogen) atoms. The van der Waals surface area contributed by atoms with E-state index in [4.69, 9.17) is 13.9 Å². The molecule has 1 amide bonds. The van der Waals surface area contributed by atoms with Crippen molar-refractivity contribution in [3.63, 3.8) is 0 Å². The van der Waals surface area contributed by atoms with E-state index in [0.717, 1.165) is 11.3 Å². The normalized spacial score (nSPS) is 10.4. The Kier molecular flexibility index (Phi) is 6.46. The summed E-state index contributed by atoms with van der Waals surface area (Å²) in [6.45, 7) is 0.942. The molecule has 0 unspecified atom stereocenters. The molecule has 2 aromatic heterocycles. The van der Waals surface area contributed by atoms with E-state index in [0.29, 0.717) is 42.5 Å². The second kappa shape index (κ2) is 9.40. The zero-order valence-electron chi connectivity index (χ0n) is 15.8. The first-order valence-electron chi connectivity index (χ1n) is 8.77. The molecule has 3 rings (SSSR count). The Labute approximate surface area is 162 Å². The Morgan fingerprint density at radius 1 is 1.11 bits per heavy atom. The summed E-state index contributed by atoms with van der Waals surface area (Å²) in [6.07, 6.45) is 3.61. The highest BCUT2D eigenvalue weighted by Gasteiger charge is 2.10. The predicted molar refractivity (Wildman–Crippen MR) is 104 cm³/mol. The number of hydrogen-bond acceptors (Lipinski definition) is 7. The topological polar surface area (TPSA) is 98.5 Å². The van der Waals surface area contributed by atoms with Crippen molar-refractivity contribution in [1.29, 1.82) is 0 Å². The lowest BCUT2D eigenvalue weighted by Crippen LogP contribution is -2.26. The molecule has 1 aromatic carbocycles. The third-order valence-electron chi connectivity index (χ3n) is 4.07. The van der Waals surface area contributed by atoms with E-state index in [2.05, 4.69) is 20.6 Å². The fraction of sp³-hybridized carbons (Fsp3) is 0.250. The Bertz CT molecular complexity index is 912.